The van der Waals surface area contributed by atoms with E-state index in [1.807, 2.05) is 24.4 Å². The molecule has 0 bridgehead atoms. The van der Waals surface area contributed by atoms with E-state index in [2.05, 4.69) is 68.7 Å². The van der Waals surface area contributed by atoms with E-state index in [1.165, 1.54) is 14.5 Å². The molecule has 0 amide bonds. The second-order valence-electron chi connectivity index (χ2n) is 4.76. The fourth-order valence-electron chi connectivity index (χ4n) is 2.44. The van der Waals surface area contributed by atoms with Crippen LogP contribution >= 0.6 is 22.6 Å². The molecule has 0 saturated heterocycles. The summed E-state index contributed by atoms with van der Waals surface area (Å²) < 4.78 is 5.18. The highest BCUT2D eigenvalue weighted by molar-refractivity contribution is 14.1. The Morgan fingerprint density at radius 3 is 2.90 bits per heavy atom. The van der Waals surface area contributed by atoms with Gasteiger partial charge < -0.3 is 4.57 Å². The van der Waals surface area contributed by atoms with Crippen molar-refractivity contribution in [1.82, 2.24) is 19.2 Å². The molecule has 0 N–H and O–H groups in total. The highest BCUT2D eigenvalue weighted by Crippen LogP contribution is 2.27. The van der Waals surface area contributed by atoms with Crippen LogP contribution in [0, 0.1) is 3.57 Å². The molecule has 0 aliphatic rings. The van der Waals surface area contributed by atoms with Crippen molar-refractivity contribution >= 4 is 39.1 Å². The Morgan fingerprint density at radius 2 is 2.05 bits per heavy atom. The van der Waals surface area contributed by atoms with E-state index in [4.69, 9.17) is 0 Å². The summed E-state index contributed by atoms with van der Waals surface area (Å²) in [6.45, 7) is 0. The molecule has 4 nitrogen and oxygen atoms in total. The van der Waals surface area contributed by atoms with Crippen molar-refractivity contribution in [3.05, 3.63) is 52.4 Å². The van der Waals surface area contributed by atoms with Crippen LogP contribution in [0.15, 0.2) is 48.8 Å². The number of aryl methyl sites for hydroxylation is 1. The molecule has 4 rings (SSSR count). The number of fused-ring (bicyclic) bond motifs is 2. The Morgan fingerprint density at radius 1 is 1.15 bits per heavy atom. The molecule has 0 unspecified atom stereocenters. The molecular formula is C15H11IN4. The molecule has 98 valence electrons. The molecule has 0 fully saturated rings. The first-order valence-corrected chi connectivity index (χ1v) is 7.36. The van der Waals surface area contributed by atoms with Crippen LogP contribution in [0.1, 0.15) is 0 Å². The summed E-state index contributed by atoms with van der Waals surface area (Å²) >= 11 is 2.36. The lowest BCUT2D eigenvalue weighted by Gasteiger charge is -1.98. The molecule has 0 spiro atoms. The molecule has 1 aromatic carbocycles. The van der Waals surface area contributed by atoms with Crippen molar-refractivity contribution in [2.75, 3.05) is 0 Å². The van der Waals surface area contributed by atoms with Gasteiger partial charge in [-0.25, -0.2) is 9.50 Å². The Labute approximate surface area is 129 Å². The van der Waals surface area contributed by atoms with Crippen molar-refractivity contribution in [3.63, 3.8) is 0 Å². The fourth-order valence-corrected chi connectivity index (χ4v) is 3.29. The van der Waals surface area contributed by atoms with Crippen molar-refractivity contribution in [2.24, 2.45) is 7.05 Å². The number of benzene rings is 1. The van der Waals surface area contributed by atoms with E-state index >= 15 is 0 Å². The number of hydrogen-bond acceptors (Lipinski definition) is 2. The number of rotatable bonds is 1. The normalized spacial score (nSPS) is 11.5. The minimum Gasteiger partial charge on any atom is -0.349 e. The molecule has 4 aromatic rings. The van der Waals surface area contributed by atoms with Crippen LogP contribution in [-0.2, 0) is 7.05 Å². The van der Waals surface area contributed by atoms with Crippen molar-refractivity contribution in [1.29, 1.82) is 0 Å². The Hall–Kier alpha value is -1.89. The number of halogens is 1. The van der Waals surface area contributed by atoms with Crippen LogP contribution < -0.4 is 0 Å². The van der Waals surface area contributed by atoms with Gasteiger partial charge in [0.25, 0.3) is 0 Å². The summed E-state index contributed by atoms with van der Waals surface area (Å²) in [6, 6.07) is 12.2. The van der Waals surface area contributed by atoms with Crippen LogP contribution in [0.25, 0.3) is 27.9 Å². The predicted octanol–water partition coefficient (Wildman–Crippen LogP) is 3.49. The van der Waals surface area contributed by atoms with E-state index in [0.717, 1.165) is 17.0 Å². The average Bonchev–Trinajstić information content (AvgIpc) is 3.01. The van der Waals surface area contributed by atoms with Crippen LogP contribution in [0.2, 0.25) is 0 Å². The summed E-state index contributed by atoms with van der Waals surface area (Å²) in [4.78, 5) is 4.57. The van der Waals surface area contributed by atoms with Crippen molar-refractivity contribution < 1.29 is 0 Å². The first-order chi connectivity index (χ1) is 9.72. The van der Waals surface area contributed by atoms with E-state index in [9.17, 15) is 0 Å². The SMILES string of the molecule is Cn1cc(I)c2cc(-c3nc4ccccn4n3)ccc21. The minimum atomic E-state index is 0.762. The number of hydrogen-bond donors (Lipinski definition) is 0. The summed E-state index contributed by atoms with van der Waals surface area (Å²) in [5.41, 5.74) is 3.14. The van der Waals surface area contributed by atoms with Gasteiger partial charge in [0.05, 0.1) is 0 Å². The third-order valence-electron chi connectivity index (χ3n) is 3.44. The van der Waals surface area contributed by atoms with E-state index in [0.29, 0.717) is 0 Å². The molecule has 0 aliphatic carbocycles. The Balaban J connectivity index is 1.95. The lowest BCUT2D eigenvalue weighted by Crippen LogP contribution is -1.86. The lowest BCUT2D eigenvalue weighted by molar-refractivity contribution is 0.964. The summed E-state index contributed by atoms with van der Waals surface area (Å²) in [5.74, 6) is 0.762. The zero-order chi connectivity index (χ0) is 13.7. The van der Waals surface area contributed by atoms with Gasteiger partial charge in [-0.15, -0.1) is 5.10 Å². The quantitative estimate of drug-likeness (QED) is 0.478. The van der Waals surface area contributed by atoms with E-state index in [-0.39, 0.29) is 0 Å². The maximum Gasteiger partial charge on any atom is 0.182 e. The molecule has 5 heteroatoms. The van der Waals surface area contributed by atoms with E-state index in [1.54, 1.807) is 4.52 Å². The van der Waals surface area contributed by atoms with Crippen LogP contribution in [0.3, 0.4) is 0 Å². The van der Waals surface area contributed by atoms with Gasteiger partial charge >= 0.3 is 0 Å². The molecule has 20 heavy (non-hydrogen) atoms. The van der Waals surface area contributed by atoms with Gasteiger partial charge in [0.2, 0.25) is 0 Å². The molecule has 0 radical (unpaired) electrons. The topological polar surface area (TPSA) is 35.1 Å². The zero-order valence-electron chi connectivity index (χ0n) is 10.8. The van der Waals surface area contributed by atoms with Gasteiger partial charge in [-0.2, -0.15) is 0 Å². The minimum absolute atomic E-state index is 0.762. The molecule has 3 aromatic heterocycles. The van der Waals surface area contributed by atoms with Crippen molar-refractivity contribution in [2.45, 2.75) is 0 Å². The largest absolute Gasteiger partial charge is 0.349 e. The summed E-state index contributed by atoms with van der Waals surface area (Å²) in [6.07, 6.45) is 4.04. The van der Waals surface area contributed by atoms with E-state index < -0.39 is 0 Å². The first-order valence-electron chi connectivity index (χ1n) is 6.29. The lowest BCUT2D eigenvalue weighted by atomic mass is 10.1. The molecule has 3 heterocycles. The maximum absolute atomic E-state index is 4.57. The maximum atomic E-state index is 4.57. The van der Waals surface area contributed by atoms with Gasteiger partial charge in [0, 0.05) is 39.5 Å². The molecule has 0 saturated carbocycles. The average molecular weight is 374 g/mol. The third-order valence-corrected chi connectivity index (χ3v) is 4.30. The fraction of sp³-hybridized carbons (Fsp3) is 0.0667. The number of pyridine rings is 1. The third kappa shape index (κ3) is 1.73. The van der Waals surface area contributed by atoms with Crippen LogP contribution in [-0.4, -0.2) is 19.2 Å². The highest BCUT2D eigenvalue weighted by Gasteiger charge is 2.09. The molecule has 0 atom stereocenters. The van der Waals surface area contributed by atoms with Crippen LogP contribution in [0.4, 0.5) is 0 Å². The second-order valence-corrected chi connectivity index (χ2v) is 5.92. The van der Waals surface area contributed by atoms with Crippen molar-refractivity contribution in [3.8, 4) is 11.4 Å². The standard InChI is InChI=1S/C15H11IN4/c1-19-9-12(16)11-8-10(5-6-13(11)19)15-17-14-4-2-3-7-20(14)18-15/h2-9H,1H3. The van der Waals surface area contributed by atoms with Gasteiger partial charge in [-0.05, 0) is 52.9 Å². The molecular weight excluding hydrogens is 363 g/mol. The smallest absolute Gasteiger partial charge is 0.182 e. The summed E-state index contributed by atoms with van der Waals surface area (Å²) in [5, 5.41) is 5.76. The number of aromatic nitrogens is 4. The zero-order valence-corrected chi connectivity index (χ0v) is 12.9. The highest BCUT2D eigenvalue weighted by atomic mass is 127. The molecule has 0 aliphatic heterocycles. The monoisotopic (exact) mass is 374 g/mol. The van der Waals surface area contributed by atoms with Gasteiger partial charge in [-0.3, -0.25) is 0 Å². The second kappa shape index (κ2) is 4.31. The number of nitrogens with zero attached hydrogens (tertiary/aromatic N) is 4. The first kappa shape index (κ1) is 11.9. The summed E-state index contributed by atoms with van der Waals surface area (Å²) in [7, 11) is 2.06. The Kier molecular flexibility index (Phi) is 2.56. The predicted molar refractivity (Wildman–Crippen MR) is 87.6 cm³/mol. The van der Waals surface area contributed by atoms with Crippen LogP contribution in [0.5, 0.6) is 0 Å². The van der Waals surface area contributed by atoms with Gasteiger partial charge in [-0.1, -0.05) is 6.07 Å². The van der Waals surface area contributed by atoms with Gasteiger partial charge in [0.15, 0.2) is 11.5 Å². The van der Waals surface area contributed by atoms with Gasteiger partial charge in [0.1, 0.15) is 0 Å². The Bertz CT molecular complexity index is 903.